The standard InChI is InChI=1S/C23H17N7O2/c1-31-12-30-11-17(13-5-2-3-8-19(13)30)21-15(9-24)20(16-10-25-27-23(16)26-21)14-6-4-7-18-22(14)29-32-28-18/h2-8,10-11,15,20H,12H2,1H3,(H,25,27). The SMILES string of the molecule is COCn1cc(C2=Nc3[nH]ncc3C(c3cccc4nonc34)C2C#N)c2ccccc21. The number of hydrogen-bond acceptors (Lipinski definition) is 7. The summed E-state index contributed by atoms with van der Waals surface area (Å²) in [5, 5.41) is 26.7. The highest BCUT2D eigenvalue weighted by Crippen LogP contribution is 2.44. The molecule has 0 spiro atoms. The molecule has 0 aliphatic carbocycles. The normalized spacial score (nSPS) is 17.9. The van der Waals surface area contributed by atoms with Crippen LogP contribution in [0.25, 0.3) is 21.9 Å². The fourth-order valence-electron chi connectivity index (χ4n) is 4.62. The molecule has 5 aromatic rings. The molecule has 4 heterocycles. The van der Waals surface area contributed by atoms with Gasteiger partial charge in [0.1, 0.15) is 23.7 Å². The van der Waals surface area contributed by atoms with Crippen molar-refractivity contribution in [1.29, 1.82) is 5.26 Å². The number of para-hydroxylation sites is 1. The van der Waals surface area contributed by atoms with Crippen molar-refractivity contribution in [2.75, 3.05) is 7.11 Å². The molecule has 2 atom stereocenters. The molecule has 0 bridgehead atoms. The fourth-order valence-corrected chi connectivity index (χ4v) is 4.62. The van der Waals surface area contributed by atoms with Gasteiger partial charge in [0.25, 0.3) is 0 Å². The molecule has 1 aliphatic heterocycles. The molecule has 2 aromatic carbocycles. The monoisotopic (exact) mass is 423 g/mol. The van der Waals surface area contributed by atoms with Crippen LogP contribution in [0, 0.1) is 17.2 Å². The Labute approximate surface area is 181 Å². The molecule has 2 unspecified atom stereocenters. The van der Waals surface area contributed by atoms with Crippen LogP contribution >= 0.6 is 0 Å². The maximum atomic E-state index is 10.4. The number of nitrogens with zero attached hydrogens (tertiary/aromatic N) is 6. The molecule has 0 saturated heterocycles. The Balaban J connectivity index is 1.60. The van der Waals surface area contributed by atoms with Gasteiger partial charge in [-0.2, -0.15) is 10.4 Å². The second-order valence-electron chi connectivity index (χ2n) is 7.68. The summed E-state index contributed by atoms with van der Waals surface area (Å²) in [5.74, 6) is -0.265. The number of ether oxygens (including phenoxy) is 1. The summed E-state index contributed by atoms with van der Waals surface area (Å²) in [4.78, 5) is 4.86. The molecule has 3 aromatic heterocycles. The van der Waals surface area contributed by atoms with Crippen LogP contribution in [0.1, 0.15) is 22.6 Å². The van der Waals surface area contributed by atoms with E-state index in [2.05, 4.69) is 26.6 Å². The van der Waals surface area contributed by atoms with E-state index in [1.165, 1.54) is 0 Å². The van der Waals surface area contributed by atoms with Gasteiger partial charge in [0.2, 0.25) is 0 Å². The van der Waals surface area contributed by atoms with Gasteiger partial charge in [0.05, 0.1) is 23.5 Å². The number of aromatic amines is 1. The molecule has 1 aliphatic rings. The zero-order valence-corrected chi connectivity index (χ0v) is 17.1. The van der Waals surface area contributed by atoms with Crippen LogP contribution < -0.4 is 0 Å². The van der Waals surface area contributed by atoms with Crippen LogP contribution in [0.15, 0.2) is 64.5 Å². The minimum atomic E-state index is -0.566. The van der Waals surface area contributed by atoms with E-state index in [0.717, 1.165) is 27.6 Å². The van der Waals surface area contributed by atoms with Crippen LogP contribution in [-0.4, -0.2) is 37.9 Å². The van der Waals surface area contributed by atoms with E-state index >= 15 is 0 Å². The van der Waals surface area contributed by atoms with Gasteiger partial charge in [0.15, 0.2) is 5.82 Å². The first-order valence-corrected chi connectivity index (χ1v) is 10.1. The molecule has 9 nitrogen and oxygen atoms in total. The number of H-pyrrole nitrogens is 1. The third-order valence-electron chi connectivity index (χ3n) is 5.97. The molecule has 1 N–H and O–H groups in total. The number of fused-ring (bicyclic) bond motifs is 3. The zero-order valence-electron chi connectivity index (χ0n) is 17.1. The Hall–Kier alpha value is -4.29. The van der Waals surface area contributed by atoms with Crippen LogP contribution in [0.3, 0.4) is 0 Å². The van der Waals surface area contributed by atoms with Crippen molar-refractivity contribution in [1.82, 2.24) is 25.1 Å². The Morgan fingerprint density at radius 1 is 1.16 bits per heavy atom. The van der Waals surface area contributed by atoms with Crippen LogP contribution in [-0.2, 0) is 11.5 Å². The highest BCUT2D eigenvalue weighted by molar-refractivity contribution is 6.15. The Bertz CT molecular complexity index is 1530. The van der Waals surface area contributed by atoms with Gasteiger partial charge in [-0.3, -0.25) is 5.10 Å². The number of nitriles is 1. The van der Waals surface area contributed by atoms with E-state index in [0.29, 0.717) is 29.3 Å². The van der Waals surface area contributed by atoms with Gasteiger partial charge in [-0.1, -0.05) is 30.3 Å². The van der Waals surface area contributed by atoms with Gasteiger partial charge in [-0.15, -0.1) is 0 Å². The quantitative estimate of drug-likeness (QED) is 0.468. The average Bonchev–Trinajstić information content (AvgIpc) is 3.56. The maximum Gasteiger partial charge on any atom is 0.152 e. The smallest absolute Gasteiger partial charge is 0.152 e. The first-order valence-electron chi connectivity index (χ1n) is 10.1. The van der Waals surface area contributed by atoms with Crippen molar-refractivity contribution in [3.8, 4) is 6.07 Å². The lowest BCUT2D eigenvalue weighted by molar-refractivity contribution is 0.135. The molecule has 0 amide bonds. The van der Waals surface area contributed by atoms with Crippen molar-refractivity contribution in [3.05, 3.63) is 71.5 Å². The lowest BCUT2D eigenvalue weighted by Gasteiger charge is -2.27. The minimum Gasteiger partial charge on any atom is -0.364 e. The second-order valence-corrected chi connectivity index (χ2v) is 7.68. The first-order chi connectivity index (χ1) is 15.8. The number of aromatic nitrogens is 5. The zero-order chi connectivity index (χ0) is 21.7. The number of hydrogen-bond donors (Lipinski definition) is 1. The predicted octanol–water partition coefficient (Wildman–Crippen LogP) is 3.91. The molecule has 6 rings (SSSR count). The number of nitrogens with one attached hydrogen (secondary N) is 1. The fraction of sp³-hybridized carbons (Fsp3) is 0.174. The van der Waals surface area contributed by atoms with Crippen LogP contribution in [0.4, 0.5) is 5.82 Å². The average molecular weight is 423 g/mol. The van der Waals surface area contributed by atoms with Crippen molar-refractivity contribution in [2.45, 2.75) is 12.6 Å². The Morgan fingerprint density at radius 2 is 2.06 bits per heavy atom. The van der Waals surface area contributed by atoms with E-state index in [1.54, 1.807) is 13.3 Å². The summed E-state index contributed by atoms with van der Waals surface area (Å²) < 4.78 is 12.4. The lowest BCUT2D eigenvalue weighted by Crippen LogP contribution is -2.26. The van der Waals surface area contributed by atoms with Crippen molar-refractivity contribution in [2.24, 2.45) is 10.9 Å². The van der Waals surface area contributed by atoms with Crippen molar-refractivity contribution < 1.29 is 9.37 Å². The van der Waals surface area contributed by atoms with E-state index in [4.69, 9.17) is 14.4 Å². The Morgan fingerprint density at radius 3 is 2.94 bits per heavy atom. The molecular weight excluding hydrogens is 406 g/mol. The van der Waals surface area contributed by atoms with Gasteiger partial charge in [-0.05, 0) is 28.0 Å². The largest absolute Gasteiger partial charge is 0.364 e. The summed E-state index contributed by atoms with van der Waals surface area (Å²) in [5.41, 5.74) is 5.55. The third kappa shape index (κ3) is 2.60. The summed E-state index contributed by atoms with van der Waals surface area (Å²) >= 11 is 0. The van der Waals surface area contributed by atoms with Gasteiger partial charge < -0.3 is 9.30 Å². The van der Waals surface area contributed by atoms with Gasteiger partial charge >= 0.3 is 0 Å². The van der Waals surface area contributed by atoms with Crippen LogP contribution in [0.5, 0.6) is 0 Å². The highest BCUT2D eigenvalue weighted by atomic mass is 16.6. The topological polar surface area (TPSA) is 118 Å². The number of aliphatic imine (C=N–C) groups is 1. The third-order valence-corrected chi connectivity index (χ3v) is 5.97. The maximum absolute atomic E-state index is 10.4. The van der Waals surface area contributed by atoms with Crippen LogP contribution in [0.2, 0.25) is 0 Å². The number of benzene rings is 2. The van der Waals surface area contributed by atoms with Crippen molar-refractivity contribution in [3.63, 3.8) is 0 Å². The minimum absolute atomic E-state index is 0.332. The van der Waals surface area contributed by atoms with Crippen molar-refractivity contribution >= 4 is 33.5 Å². The predicted molar refractivity (Wildman–Crippen MR) is 116 cm³/mol. The Kier molecular flexibility index (Phi) is 4.13. The molecule has 0 saturated carbocycles. The lowest BCUT2D eigenvalue weighted by atomic mass is 9.76. The van der Waals surface area contributed by atoms with E-state index in [1.807, 2.05) is 53.2 Å². The summed E-state index contributed by atoms with van der Waals surface area (Å²) in [6.07, 6.45) is 3.72. The summed E-state index contributed by atoms with van der Waals surface area (Å²) in [6.45, 7) is 0.396. The molecule has 0 radical (unpaired) electrons. The molecule has 156 valence electrons. The van der Waals surface area contributed by atoms with E-state index in [9.17, 15) is 5.26 Å². The number of methoxy groups -OCH3 is 1. The first kappa shape index (κ1) is 18.5. The molecule has 0 fully saturated rings. The second kappa shape index (κ2) is 7.14. The number of rotatable bonds is 4. The van der Waals surface area contributed by atoms with E-state index in [-0.39, 0.29) is 5.92 Å². The van der Waals surface area contributed by atoms with E-state index < -0.39 is 5.92 Å². The van der Waals surface area contributed by atoms with Gasteiger partial charge in [0, 0.05) is 35.7 Å². The highest BCUT2D eigenvalue weighted by Gasteiger charge is 2.38. The summed E-state index contributed by atoms with van der Waals surface area (Å²) in [7, 11) is 1.66. The summed E-state index contributed by atoms with van der Waals surface area (Å²) in [6, 6.07) is 16.2. The molecular formula is C23H17N7O2. The van der Waals surface area contributed by atoms with Gasteiger partial charge in [-0.25, -0.2) is 9.62 Å². The molecule has 9 heteroatoms. The molecule has 32 heavy (non-hydrogen) atoms.